The first-order valence-corrected chi connectivity index (χ1v) is 12.1. The van der Waals surface area contributed by atoms with E-state index < -0.39 is 10.0 Å². The lowest BCUT2D eigenvalue weighted by atomic mass is 10.1. The van der Waals surface area contributed by atoms with Crippen molar-refractivity contribution >= 4 is 15.8 Å². The molecule has 8 nitrogen and oxygen atoms in total. The summed E-state index contributed by atoms with van der Waals surface area (Å²) in [5.41, 5.74) is 0. The number of piperazine rings is 1. The molecular formula is C21H31N5O3S. The fourth-order valence-electron chi connectivity index (χ4n) is 4.14. The van der Waals surface area contributed by atoms with E-state index in [1.807, 2.05) is 19.2 Å². The minimum Gasteiger partial charge on any atom is -0.468 e. The largest absolute Gasteiger partial charge is 0.468 e. The van der Waals surface area contributed by atoms with Gasteiger partial charge in [0, 0.05) is 38.9 Å². The standard InChI is InChI=1S/C21H31N5O3S/c1-24-11-13-26(14-12-24)30(27,28)18-7-8-21(22-16-18)23-17-19(20-6-5-15-29-20)25-9-3-2-4-10-25/h5-8,15-16,19H,2-4,9-14,17H2,1H3,(H,22,23)/t19-/m0/s1. The predicted molar refractivity (Wildman–Crippen MR) is 116 cm³/mol. The van der Waals surface area contributed by atoms with E-state index in [1.54, 1.807) is 22.7 Å². The van der Waals surface area contributed by atoms with Gasteiger partial charge in [0.2, 0.25) is 10.0 Å². The van der Waals surface area contributed by atoms with Crippen molar-refractivity contribution in [3.05, 3.63) is 42.5 Å². The molecule has 2 aliphatic rings. The smallest absolute Gasteiger partial charge is 0.244 e. The topological polar surface area (TPSA) is 81.9 Å². The quantitative estimate of drug-likeness (QED) is 0.717. The first-order valence-electron chi connectivity index (χ1n) is 10.7. The van der Waals surface area contributed by atoms with Crippen LogP contribution in [-0.2, 0) is 10.0 Å². The minimum atomic E-state index is -3.49. The Kier molecular flexibility index (Phi) is 6.72. The maximum absolute atomic E-state index is 12.9. The number of likely N-dealkylation sites (N-methyl/N-ethyl adjacent to an activating group) is 1. The Morgan fingerprint density at radius 1 is 1.07 bits per heavy atom. The summed E-state index contributed by atoms with van der Waals surface area (Å²) in [6.07, 6.45) is 6.85. The molecule has 2 aromatic rings. The molecule has 4 heterocycles. The summed E-state index contributed by atoms with van der Waals surface area (Å²) in [5, 5.41) is 3.37. The maximum Gasteiger partial charge on any atom is 0.244 e. The van der Waals surface area contributed by atoms with Gasteiger partial charge in [-0.25, -0.2) is 13.4 Å². The third kappa shape index (κ3) is 4.85. The van der Waals surface area contributed by atoms with Gasteiger partial charge in [0.15, 0.2) is 0 Å². The van der Waals surface area contributed by atoms with E-state index in [-0.39, 0.29) is 10.9 Å². The van der Waals surface area contributed by atoms with Crippen LogP contribution in [0.4, 0.5) is 5.82 Å². The van der Waals surface area contributed by atoms with Crippen LogP contribution in [0.1, 0.15) is 31.1 Å². The average molecular weight is 434 g/mol. The van der Waals surface area contributed by atoms with E-state index >= 15 is 0 Å². The summed E-state index contributed by atoms with van der Waals surface area (Å²) in [6, 6.07) is 7.46. The van der Waals surface area contributed by atoms with Gasteiger partial charge in [-0.1, -0.05) is 6.42 Å². The third-order valence-electron chi connectivity index (χ3n) is 6.02. The Morgan fingerprint density at radius 2 is 1.83 bits per heavy atom. The van der Waals surface area contributed by atoms with Gasteiger partial charge in [-0.2, -0.15) is 4.31 Å². The summed E-state index contributed by atoms with van der Waals surface area (Å²) < 4.78 is 32.9. The number of pyridine rings is 1. The molecule has 0 unspecified atom stereocenters. The molecule has 4 rings (SSSR count). The van der Waals surface area contributed by atoms with Crippen LogP contribution in [0.15, 0.2) is 46.0 Å². The number of piperidine rings is 1. The zero-order valence-electron chi connectivity index (χ0n) is 17.5. The lowest BCUT2D eigenvalue weighted by molar-refractivity contribution is 0.153. The molecule has 164 valence electrons. The molecule has 2 fully saturated rings. The number of nitrogens with one attached hydrogen (secondary N) is 1. The molecule has 1 N–H and O–H groups in total. The highest BCUT2D eigenvalue weighted by Crippen LogP contribution is 2.26. The number of likely N-dealkylation sites (tertiary alicyclic amines) is 1. The number of hydrogen-bond donors (Lipinski definition) is 1. The van der Waals surface area contributed by atoms with Crippen molar-refractivity contribution in [3.8, 4) is 0 Å². The van der Waals surface area contributed by atoms with Crippen LogP contribution in [0.3, 0.4) is 0 Å². The van der Waals surface area contributed by atoms with E-state index in [2.05, 4.69) is 20.1 Å². The molecule has 0 spiro atoms. The van der Waals surface area contributed by atoms with Gasteiger partial charge in [-0.05, 0) is 57.2 Å². The summed E-state index contributed by atoms with van der Waals surface area (Å²) in [5.74, 6) is 1.61. The zero-order chi connectivity index (χ0) is 21.0. The molecule has 30 heavy (non-hydrogen) atoms. The van der Waals surface area contributed by atoms with E-state index in [0.717, 1.165) is 31.9 Å². The van der Waals surface area contributed by atoms with E-state index in [9.17, 15) is 8.42 Å². The molecule has 1 atom stereocenters. The molecule has 0 aliphatic carbocycles. The van der Waals surface area contributed by atoms with Crippen molar-refractivity contribution in [2.75, 3.05) is 58.2 Å². The molecule has 0 saturated carbocycles. The van der Waals surface area contributed by atoms with Crippen molar-refractivity contribution in [3.63, 3.8) is 0 Å². The summed E-state index contributed by atoms with van der Waals surface area (Å²) >= 11 is 0. The first kappa shape index (κ1) is 21.3. The normalized spacial score (nSPS) is 20.8. The van der Waals surface area contributed by atoms with Crippen LogP contribution >= 0.6 is 0 Å². The zero-order valence-corrected chi connectivity index (χ0v) is 18.4. The van der Waals surface area contributed by atoms with Crippen LogP contribution in [-0.4, -0.2) is 80.4 Å². The number of anilines is 1. The fourth-order valence-corrected chi connectivity index (χ4v) is 5.50. The molecular weight excluding hydrogens is 402 g/mol. The molecule has 2 saturated heterocycles. The summed E-state index contributed by atoms with van der Waals surface area (Å²) in [4.78, 5) is 9.20. The molecule has 0 bridgehead atoms. The Hall–Kier alpha value is -1.94. The van der Waals surface area contributed by atoms with Crippen molar-refractivity contribution in [2.24, 2.45) is 0 Å². The first-order chi connectivity index (χ1) is 14.5. The van der Waals surface area contributed by atoms with Crippen LogP contribution in [0.2, 0.25) is 0 Å². The SMILES string of the molecule is CN1CCN(S(=O)(=O)c2ccc(NC[C@@H](c3ccco3)N3CCCCC3)nc2)CC1. The lowest BCUT2D eigenvalue weighted by Crippen LogP contribution is -2.47. The molecule has 0 radical (unpaired) electrons. The molecule has 0 aromatic carbocycles. The monoisotopic (exact) mass is 433 g/mol. The minimum absolute atomic E-state index is 0.135. The van der Waals surface area contributed by atoms with Crippen molar-refractivity contribution in [1.29, 1.82) is 0 Å². The van der Waals surface area contributed by atoms with E-state index in [0.29, 0.717) is 25.5 Å². The van der Waals surface area contributed by atoms with Gasteiger partial charge in [0.1, 0.15) is 16.5 Å². The number of rotatable bonds is 7. The maximum atomic E-state index is 12.9. The molecule has 0 amide bonds. The Morgan fingerprint density at radius 3 is 2.47 bits per heavy atom. The van der Waals surface area contributed by atoms with Gasteiger partial charge >= 0.3 is 0 Å². The highest BCUT2D eigenvalue weighted by molar-refractivity contribution is 7.89. The molecule has 9 heteroatoms. The van der Waals surface area contributed by atoms with Crippen molar-refractivity contribution in [2.45, 2.75) is 30.2 Å². The summed E-state index contributed by atoms with van der Waals surface area (Å²) in [6.45, 7) is 5.29. The van der Waals surface area contributed by atoms with Crippen LogP contribution in [0.5, 0.6) is 0 Å². The van der Waals surface area contributed by atoms with E-state index in [1.165, 1.54) is 25.5 Å². The second-order valence-corrected chi connectivity index (χ2v) is 10.0. The number of sulfonamides is 1. The van der Waals surface area contributed by atoms with Gasteiger partial charge in [0.25, 0.3) is 0 Å². The number of furan rings is 1. The summed E-state index contributed by atoms with van der Waals surface area (Å²) in [7, 11) is -1.49. The van der Waals surface area contributed by atoms with Crippen molar-refractivity contribution in [1.82, 2.24) is 19.1 Å². The highest BCUT2D eigenvalue weighted by Gasteiger charge is 2.28. The third-order valence-corrected chi connectivity index (χ3v) is 7.90. The van der Waals surface area contributed by atoms with Gasteiger partial charge in [-0.15, -0.1) is 0 Å². The fraction of sp³-hybridized carbons (Fsp3) is 0.571. The van der Waals surface area contributed by atoms with Crippen molar-refractivity contribution < 1.29 is 12.8 Å². The Balaban J connectivity index is 1.41. The van der Waals surface area contributed by atoms with Gasteiger partial charge in [0.05, 0.1) is 12.3 Å². The van der Waals surface area contributed by atoms with E-state index in [4.69, 9.17) is 4.42 Å². The van der Waals surface area contributed by atoms with Crippen LogP contribution < -0.4 is 5.32 Å². The number of hydrogen-bond acceptors (Lipinski definition) is 7. The molecule has 2 aliphatic heterocycles. The number of nitrogens with zero attached hydrogens (tertiary/aromatic N) is 4. The van der Waals surface area contributed by atoms with Crippen LogP contribution in [0.25, 0.3) is 0 Å². The average Bonchev–Trinajstić information content (AvgIpc) is 3.30. The molecule has 2 aromatic heterocycles. The Bertz CT molecular complexity index is 887. The predicted octanol–water partition coefficient (Wildman–Crippen LogP) is 2.25. The Labute approximate surface area is 178 Å². The lowest BCUT2D eigenvalue weighted by Gasteiger charge is -2.33. The highest BCUT2D eigenvalue weighted by atomic mass is 32.2. The second kappa shape index (κ2) is 9.47. The van der Waals surface area contributed by atoms with Gasteiger partial charge < -0.3 is 14.6 Å². The van der Waals surface area contributed by atoms with Crippen LogP contribution in [0, 0.1) is 0 Å². The second-order valence-electron chi connectivity index (χ2n) is 8.10. The van der Waals surface area contributed by atoms with Gasteiger partial charge in [-0.3, -0.25) is 4.90 Å². The number of aromatic nitrogens is 1.